The number of aliphatic hydroxyl groups is 1. The minimum Gasteiger partial charge on any atom is -0.387 e. The van der Waals surface area contributed by atoms with E-state index in [0.29, 0.717) is 11.8 Å². The van der Waals surface area contributed by atoms with E-state index in [9.17, 15) is 5.11 Å². The van der Waals surface area contributed by atoms with Crippen LogP contribution >= 0.6 is 11.8 Å². The Balaban J connectivity index is 1.84. The number of hydrogen-bond acceptors (Lipinski definition) is 4. The fraction of sp³-hybridized carbons (Fsp3) is 0.643. The van der Waals surface area contributed by atoms with Crippen LogP contribution in [0, 0.1) is 0 Å². The van der Waals surface area contributed by atoms with E-state index in [-0.39, 0.29) is 6.04 Å². The second kappa shape index (κ2) is 6.04. The number of hydrogen-bond donors (Lipinski definition) is 2. The van der Waals surface area contributed by atoms with Crippen LogP contribution < -0.4 is 5.32 Å². The fourth-order valence-corrected chi connectivity index (χ4v) is 3.54. The molecule has 4 heteroatoms. The van der Waals surface area contributed by atoms with Crippen LogP contribution in [-0.4, -0.2) is 33.2 Å². The van der Waals surface area contributed by atoms with E-state index in [1.54, 1.807) is 12.4 Å². The number of rotatable bonds is 6. The highest BCUT2D eigenvalue weighted by Gasteiger charge is 2.44. The van der Waals surface area contributed by atoms with E-state index in [1.165, 1.54) is 5.56 Å². The minimum absolute atomic E-state index is 0.255. The second-order valence-electron chi connectivity index (χ2n) is 4.97. The summed E-state index contributed by atoms with van der Waals surface area (Å²) in [6, 6.07) is 4.28. The van der Waals surface area contributed by atoms with Crippen molar-refractivity contribution in [1.82, 2.24) is 10.3 Å². The standard InChI is InChI=1S/C14H22N2OS/c1-3-18-13-4-7-14(13,17)10-16-11(2)12-5-8-15-9-6-12/h5-6,8-9,11,13,16-17H,3-4,7,10H2,1-2H3. The van der Waals surface area contributed by atoms with Crippen LogP contribution in [0.3, 0.4) is 0 Å². The smallest absolute Gasteiger partial charge is 0.0890 e. The molecular weight excluding hydrogens is 244 g/mol. The Hall–Kier alpha value is -0.580. The van der Waals surface area contributed by atoms with Gasteiger partial charge in [-0.3, -0.25) is 4.98 Å². The minimum atomic E-state index is -0.512. The molecular formula is C14H22N2OS. The van der Waals surface area contributed by atoms with Crippen LogP contribution in [0.1, 0.15) is 38.3 Å². The molecule has 100 valence electrons. The molecule has 0 aromatic carbocycles. The lowest BCUT2D eigenvalue weighted by Crippen LogP contribution is -2.56. The van der Waals surface area contributed by atoms with Crippen LogP contribution in [-0.2, 0) is 0 Å². The van der Waals surface area contributed by atoms with Crippen molar-refractivity contribution in [3.8, 4) is 0 Å². The maximum atomic E-state index is 10.5. The van der Waals surface area contributed by atoms with Gasteiger partial charge in [0.15, 0.2) is 0 Å². The Labute approximate surface area is 113 Å². The molecule has 1 aromatic rings. The molecule has 1 saturated carbocycles. The third kappa shape index (κ3) is 3.05. The van der Waals surface area contributed by atoms with Crippen molar-refractivity contribution in [2.24, 2.45) is 0 Å². The Morgan fingerprint density at radius 2 is 2.28 bits per heavy atom. The molecule has 2 N–H and O–H groups in total. The van der Waals surface area contributed by atoms with E-state index >= 15 is 0 Å². The van der Waals surface area contributed by atoms with Crippen LogP contribution in [0.2, 0.25) is 0 Å². The van der Waals surface area contributed by atoms with Gasteiger partial charge in [0.1, 0.15) is 0 Å². The monoisotopic (exact) mass is 266 g/mol. The predicted molar refractivity (Wildman–Crippen MR) is 76.8 cm³/mol. The van der Waals surface area contributed by atoms with Gasteiger partial charge < -0.3 is 10.4 Å². The summed E-state index contributed by atoms with van der Waals surface area (Å²) in [7, 11) is 0. The Kier molecular flexibility index (Phi) is 4.65. The Morgan fingerprint density at radius 1 is 1.56 bits per heavy atom. The van der Waals surface area contributed by atoms with Gasteiger partial charge >= 0.3 is 0 Å². The van der Waals surface area contributed by atoms with Crippen molar-refractivity contribution in [1.29, 1.82) is 0 Å². The molecule has 0 amide bonds. The lowest BCUT2D eigenvalue weighted by atomic mass is 9.79. The van der Waals surface area contributed by atoms with Gasteiger partial charge in [-0.2, -0.15) is 11.8 Å². The van der Waals surface area contributed by atoms with Crippen molar-refractivity contribution < 1.29 is 5.11 Å². The van der Waals surface area contributed by atoms with E-state index < -0.39 is 5.60 Å². The van der Waals surface area contributed by atoms with Gasteiger partial charge in [0.05, 0.1) is 5.60 Å². The molecule has 1 aromatic heterocycles. The van der Waals surface area contributed by atoms with Gasteiger partial charge in [0, 0.05) is 30.2 Å². The summed E-state index contributed by atoms with van der Waals surface area (Å²) >= 11 is 1.87. The number of thioether (sulfide) groups is 1. The van der Waals surface area contributed by atoms with Crippen molar-refractivity contribution in [3.05, 3.63) is 30.1 Å². The molecule has 18 heavy (non-hydrogen) atoms. The lowest BCUT2D eigenvalue weighted by Gasteiger charge is -2.45. The molecule has 3 unspecified atom stereocenters. The molecule has 1 aliphatic carbocycles. The number of nitrogens with zero attached hydrogens (tertiary/aromatic N) is 1. The van der Waals surface area contributed by atoms with Crippen LogP contribution in [0.5, 0.6) is 0 Å². The van der Waals surface area contributed by atoms with Crippen molar-refractivity contribution in [2.75, 3.05) is 12.3 Å². The molecule has 1 aliphatic rings. The Bertz CT molecular complexity index is 373. The first-order valence-electron chi connectivity index (χ1n) is 6.63. The van der Waals surface area contributed by atoms with E-state index in [0.717, 1.165) is 18.6 Å². The highest BCUT2D eigenvalue weighted by atomic mass is 32.2. The van der Waals surface area contributed by atoms with Crippen molar-refractivity contribution in [3.63, 3.8) is 0 Å². The summed E-state index contributed by atoms with van der Waals surface area (Å²) in [4.78, 5) is 4.02. The molecule has 3 nitrogen and oxygen atoms in total. The fourth-order valence-electron chi connectivity index (χ4n) is 2.34. The lowest BCUT2D eigenvalue weighted by molar-refractivity contribution is -0.0249. The molecule has 2 rings (SSSR count). The molecule has 0 spiro atoms. The van der Waals surface area contributed by atoms with Crippen molar-refractivity contribution >= 4 is 11.8 Å². The normalized spacial score (nSPS) is 28.7. The zero-order valence-corrected chi connectivity index (χ0v) is 11.9. The highest BCUT2D eigenvalue weighted by Crippen LogP contribution is 2.40. The zero-order valence-electron chi connectivity index (χ0n) is 11.1. The summed E-state index contributed by atoms with van der Waals surface area (Å²) in [6.45, 7) is 4.95. The summed E-state index contributed by atoms with van der Waals surface area (Å²) in [6.07, 6.45) is 5.67. The van der Waals surface area contributed by atoms with Gasteiger partial charge in [-0.15, -0.1) is 0 Å². The first-order valence-corrected chi connectivity index (χ1v) is 7.68. The van der Waals surface area contributed by atoms with E-state index in [2.05, 4.69) is 24.1 Å². The van der Waals surface area contributed by atoms with E-state index in [4.69, 9.17) is 0 Å². The van der Waals surface area contributed by atoms with Crippen molar-refractivity contribution in [2.45, 2.75) is 43.6 Å². The summed E-state index contributed by atoms with van der Waals surface area (Å²) in [5.74, 6) is 1.08. The third-order valence-electron chi connectivity index (χ3n) is 3.73. The first kappa shape index (κ1) is 13.8. The summed E-state index contributed by atoms with van der Waals surface area (Å²) in [5.41, 5.74) is 0.703. The maximum absolute atomic E-state index is 10.5. The maximum Gasteiger partial charge on any atom is 0.0890 e. The van der Waals surface area contributed by atoms with Gasteiger partial charge in [-0.05, 0) is 43.2 Å². The molecule has 0 bridgehead atoms. The van der Waals surface area contributed by atoms with Crippen LogP contribution in [0.15, 0.2) is 24.5 Å². The zero-order chi connectivity index (χ0) is 13.0. The van der Waals surface area contributed by atoms with Gasteiger partial charge in [0.25, 0.3) is 0 Å². The number of pyridine rings is 1. The SMILES string of the molecule is CCSC1CCC1(O)CNC(C)c1ccncc1. The topological polar surface area (TPSA) is 45.1 Å². The number of aromatic nitrogens is 1. The largest absolute Gasteiger partial charge is 0.387 e. The summed E-state index contributed by atoms with van der Waals surface area (Å²) in [5, 5.41) is 14.3. The molecule has 0 aliphatic heterocycles. The highest BCUT2D eigenvalue weighted by molar-refractivity contribution is 8.00. The average molecular weight is 266 g/mol. The summed E-state index contributed by atoms with van der Waals surface area (Å²) < 4.78 is 0. The quantitative estimate of drug-likeness (QED) is 0.830. The first-order chi connectivity index (χ1) is 8.65. The van der Waals surface area contributed by atoms with Gasteiger partial charge in [0.2, 0.25) is 0 Å². The molecule has 3 atom stereocenters. The van der Waals surface area contributed by atoms with E-state index in [1.807, 2.05) is 23.9 Å². The van der Waals surface area contributed by atoms with Gasteiger partial charge in [-0.25, -0.2) is 0 Å². The second-order valence-corrected chi connectivity index (χ2v) is 6.45. The third-order valence-corrected chi connectivity index (χ3v) is 5.14. The number of nitrogens with one attached hydrogen (secondary N) is 1. The van der Waals surface area contributed by atoms with Crippen LogP contribution in [0.4, 0.5) is 0 Å². The molecule has 0 saturated heterocycles. The predicted octanol–water partition coefficient (Wildman–Crippen LogP) is 2.38. The van der Waals surface area contributed by atoms with Crippen LogP contribution in [0.25, 0.3) is 0 Å². The molecule has 1 heterocycles. The average Bonchev–Trinajstić information content (AvgIpc) is 2.41. The molecule has 1 fully saturated rings. The Morgan fingerprint density at radius 3 is 2.83 bits per heavy atom. The molecule has 0 radical (unpaired) electrons. The van der Waals surface area contributed by atoms with Gasteiger partial charge in [-0.1, -0.05) is 6.92 Å².